The molecule has 3 N–H and O–H groups in total. The highest BCUT2D eigenvalue weighted by atomic mass is 35.5. The van der Waals surface area contributed by atoms with Crippen molar-refractivity contribution < 1.29 is 4.74 Å². The molecule has 6 heteroatoms. The van der Waals surface area contributed by atoms with Crippen molar-refractivity contribution in [2.45, 2.75) is 19.4 Å². The van der Waals surface area contributed by atoms with Gasteiger partial charge in [0.05, 0.1) is 15.1 Å². The minimum atomic E-state index is -0.505. The molecule has 3 nitrogen and oxygen atoms in total. The number of ether oxygens (including phenoxy) is 1. The molecule has 0 saturated carbocycles. The Kier molecular flexibility index (Phi) is 4.71. The molecule has 0 bridgehead atoms. The molecule has 0 aromatic heterocycles. The molecule has 1 atom stereocenters. The first-order valence-electron chi connectivity index (χ1n) is 4.60. The summed E-state index contributed by atoms with van der Waals surface area (Å²) in [6.07, 6.45) is 0.0704. The second-order valence-corrected chi connectivity index (χ2v) is 4.39. The van der Waals surface area contributed by atoms with Gasteiger partial charge < -0.3 is 10.5 Å². The second-order valence-electron chi connectivity index (χ2n) is 3.17. The third kappa shape index (κ3) is 3.17. The summed E-state index contributed by atoms with van der Waals surface area (Å²) in [7, 11) is 0. The van der Waals surface area contributed by atoms with E-state index in [0.29, 0.717) is 27.2 Å². The van der Waals surface area contributed by atoms with Crippen molar-refractivity contribution in [2.24, 2.45) is 5.73 Å². The quantitative estimate of drug-likeness (QED) is 0.502. The third-order valence-electron chi connectivity index (χ3n) is 1.96. The average molecular weight is 282 g/mol. The van der Waals surface area contributed by atoms with Crippen LogP contribution in [0, 0.1) is 5.41 Å². The van der Waals surface area contributed by atoms with Crippen LogP contribution in [0.2, 0.25) is 15.1 Å². The van der Waals surface area contributed by atoms with Crippen molar-refractivity contribution in [1.82, 2.24) is 0 Å². The van der Waals surface area contributed by atoms with Crippen LogP contribution in [0.3, 0.4) is 0 Å². The third-order valence-corrected chi connectivity index (χ3v) is 2.98. The zero-order valence-corrected chi connectivity index (χ0v) is 10.8. The highest BCUT2D eigenvalue weighted by Gasteiger charge is 2.14. The van der Waals surface area contributed by atoms with E-state index in [9.17, 15) is 0 Å². The minimum absolute atomic E-state index is 0.0513. The Balaban J connectivity index is 2.96. The van der Waals surface area contributed by atoms with Gasteiger partial charge in [0.1, 0.15) is 11.6 Å². The lowest BCUT2D eigenvalue weighted by molar-refractivity contribution is 0.260. The van der Waals surface area contributed by atoms with Crippen molar-refractivity contribution in [3.63, 3.8) is 0 Å². The monoisotopic (exact) mass is 280 g/mol. The van der Waals surface area contributed by atoms with E-state index < -0.39 is 6.10 Å². The van der Waals surface area contributed by atoms with Gasteiger partial charge >= 0.3 is 0 Å². The maximum Gasteiger partial charge on any atom is 0.155 e. The lowest BCUT2D eigenvalue weighted by Crippen LogP contribution is -2.32. The Morgan fingerprint density at radius 3 is 2.38 bits per heavy atom. The standard InChI is InChI=1S/C10H11Cl3N2O/c1-2-8(10(14)15)16-9-4-6(12)5(11)3-7(9)13/h3-4,8H,2H2,1H3,(H3,14,15). The van der Waals surface area contributed by atoms with Crippen LogP contribution in [-0.4, -0.2) is 11.9 Å². The number of amidine groups is 1. The predicted molar refractivity (Wildman–Crippen MR) is 68.1 cm³/mol. The van der Waals surface area contributed by atoms with Crippen molar-refractivity contribution in [3.8, 4) is 5.75 Å². The van der Waals surface area contributed by atoms with Crippen LogP contribution in [0.4, 0.5) is 0 Å². The molecule has 1 rings (SSSR count). The second kappa shape index (κ2) is 5.62. The SMILES string of the molecule is CCC(Oc1cc(Cl)c(Cl)cc1Cl)C(=N)N. The van der Waals surface area contributed by atoms with E-state index in [1.54, 1.807) is 0 Å². The molecule has 1 aromatic rings. The number of hydrogen-bond donors (Lipinski definition) is 2. The molecule has 0 aliphatic heterocycles. The van der Waals surface area contributed by atoms with Gasteiger partial charge in [-0.15, -0.1) is 0 Å². The summed E-state index contributed by atoms with van der Waals surface area (Å²) in [5.74, 6) is 0.322. The Morgan fingerprint density at radius 1 is 1.31 bits per heavy atom. The number of nitrogens with one attached hydrogen (secondary N) is 1. The Morgan fingerprint density at radius 2 is 1.88 bits per heavy atom. The van der Waals surface area contributed by atoms with Crippen molar-refractivity contribution in [2.75, 3.05) is 0 Å². The Bertz CT molecular complexity index is 409. The number of rotatable bonds is 4. The molecule has 1 unspecified atom stereocenters. The molecule has 0 saturated heterocycles. The first kappa shape index (κ1) is 13.4. The van der Waals surface area contributed by atoms with Crippen LogP contribution in [0.1, 0.15) is 13.3 Å². The minimum Gasteiger partial charge on any atom is -0.481 e. The summed E-state index contributed by atoms with van der Waals surface area (Å²) in [6, 6.07) is 3.01. The lowest BCUT2D eigenvalue weighted by atomic mass is 10.2. The predicted octanol–water partition coefficient (Wildman–Crippen LogP) is 3.74. The smallest absolute Gasteiger partial charge is 0.155 e. The summed E-state index contributed by atoms with van der Waals surface area (Å²) in [5, 5.41) is 8.36. The van der Waals surface area contributed by atoms with Crippen LogP contribution in [0.25, 0.3) is 0 Å². The van der Waals surface area contributed by atoms with Crippen LogP contribution in [0.5, 0.6) is 5.75 Å². The highest BCUT2D eigenvalue weighted by Crippen LogP contribution is 2.34. The number of hydrogen-bond acceptors (Lipinski definition) is 2. The topological polar surface area (TPSA) is 59.1 Å². The van der Waals surface area contributed by atoms with E-state index in [4.69, 9.17) is 50.7 Å². The van der Waals surface area contributed by atoms with Crippen LogP contribution in [0.15, 0.2) is 12.1 Å². The molecular formula is C10H11Cl3N2O. The molecule has 0 radical (unpaired) electrons. The first-order chi connectivity index (χ1) is 7.45. The largest absolute Gasteiger partial charge is 0.481 e. The van der Waals surface area contributed by atoms with Gasteiger partial charge in [-0.25, -0.2) is 0 Å². The summed E-state index contributed by atoms with van der Waals surface area (Å²) in [4.78, 5) is 0. The lowest BCUT2D eigenvalue weighted by Gasteiger charge is -2.17. The molecule has 0 aliphatic carbocycles. The fraction of sp³-hybridized carbons (Fsp3) is 0.300. The zero-order chi connectivity index (χ0) is 12.3. The van der Waals surface area contributed by atoms with E-state index in [-0.39, 0.29) is 5.84 Å². The molecule has 0 amide bonds. The Hall–Kier alpha value is -0.640. The summed E-state index contributed by atoms with van der Waals surface area (Å²) < 4.78 is 5.47. The van der Waals surface area contributed by atoms with E-state index in [2.05, 4.69) is 0 Å². The summed E-state index contributed by atoms with van der Waals surface area (Å²) in [6.45, 7) is 1.86. The molecule has 88 valence electrons. The van der Waals surface area contributed by atoms with Crippen LogP contribution >= 0.6 is 34.8 Å². The highest BCUT2D eigenvalue weighted by molar-refractivity contribution is 6.43. The van der Waals surface area contributed by atoms with Crippen molar-refractivity contribution in [3.05, 3.63) is 27.2 Å². The first-order valence-corrected chi connectivity index (χ1v) is 5.74. The van der Waals surface area contributed by atoms with Gasteiger partial charge in [0.2, 0.25) is 0 Å². The number of nitrogens with two attached hydrogens (primary N) is 1. The van der Waals surface area contributed by atoms with Gasteiger partial charge in [-0.1, -0.05) is 41.7 Å². The van der Waals surface area contributed by atoms with Gasteiger partial charge in [0.15, 0.2) is 6.10 Å². The molecule has 0 fully saturated rings. The van der Waals surface area contributed by atoms with E-state index in [1.165, 1.54) is 12.1 Å². The van der Waals surface area contributed by atoms with Crippen molar-refractivity contribution >= 4 is 40.6 Å². The summed E-state index contributed by atoms with van der Waals surface area (Å²) in [5.41, 5.74) is 5.37. The van der Waals surface area contributed by atoms with Gasteiger partial charge in [0.25, 0.3) is 0 Å². The van der Waals surface area contributed by atoms with E-state index in [0.717, 1.165) is 0 Å². The fourth-order valence-electron chi connectivity index (χ4n) is 1.11. The summed E-state index contributed by atoms with van der Waals surface area (Å²) >= 11 is 17.5. The van der Waals surface area contributed by atoms with Crippen molar-refractivity contribution in [1.29, 1.82) is 5.41 Å². The van der Waals surface area contributed by atoms with Gasteiger partial charge in [-0.05, 0) is 12.5 Å². The van der Waals surface area contributed by atoms with Crippen LogP contribution < -0.4 is 10.5 Å². The average Bonchev–Trinajstić information content (AvgIpc) is 2.21. The fourth-order valence-corrected chi connectivity index (χ4v) is 1.70. The normalized spacial score (nSPS) is 12.2. The molecular weight excluding hydrogens is 270 g/mol. The molecule has 0 heterocycles. The molecule has 0 spiro atoms. The zero-order valence-electron chi connectivity index (χ0n) is 8.56. The van der Waals surface area contributed by atoms with Gasteiger partial charge in [-0.2, -0.15) is 0 Å². The van der Waals surface area contributed by atoms with E-state index >= 15 is 0 Å². The van der Waals surface area contributed by atoms with E-state index in [1.807, 2.05) is 6.92 Å². The molecule has 16 heavy (non-hydrogen) atoms. The maximum atomic E-state index is 7.32. The van der Waals surface area contributed by atoms with Gasteiger partial charge in [0, 0.05) is 6.07 Å². The molecule has 0 aliphatic rings. The number of halogens is 3. The molecule has 1 aromatic carbocycles. The number of benzene rings is 1. The van der Waals surface area contributed by atoms with Gasteiger partial charge in [-0.3, -0.25) is 5.41 Å². The maximum absolute atomic E-state index is 7.32. The van der Waals surface area contributed by atoms with Crippen LogP contribution in [-0.2, 0) is 0 Å². The Labute approximate surface area is 109 Å².